The molecule has 0 radical (unpaired) electrons. The average molecular weight is 270 g/mol. The lowest BCUT2D eigenvalue weighted by molar-refractivity contribution is 0.0694. The number of halogens is 1. The molecule has 2 rings (SSSR count). The zero-order chi connectivity index (χ0) is 12.4. The Morgan fingerprint density at radius 3 is 2.88 bits per heavy atom. The van der Waals surface area contributed by atoms with Crippen LogP contribution in [0.2, 0.25) is 5.02 Å². The SMILES string of the molecule is Cc1csc(Oc2ccc(Cl)cc2C(=O)O)n1. The number of carboxylic acid groups (broad SMARTS) is 1. The van der Waals surface area contributed by atoms with Gasteiger partial charge in [-0.05, 0) is 25.1 Å². The number of ether oxygens (including phenoxy) is 1. The molecule has 0 fully saturated rings. The van der Waals surface area contributed by atoms with Crippen LogP contribution >= 0.6 is 22.9 Å². The van der Waals surface area contributed by atoms with Crippen LogP contribution in [0.25, 0.3) is 0 Å². The Morgan fingerprint density at radius 1 is 1.53 bits per heavy atom. The monoisotopic (exact) mass is 269 g/mol. The normalized spacial score (nSPS) is 10.2. The van der Waals surface area contributed by atoms with Gasteiger partial charge in [-0.15, -0.1) is 0 Å². The van der Waals surface area contributed by atoms with Crippen molar-refractivity contribution in [3.63, 3.8) is 0 Å². The van der Waals surface area contributed by atoms with Gasteiger partial charge in [0.2, 0.25) is 0 Å². The number of benzene rings is 1. The van der Waals surface area contributed by atoms with Crippen molar-refractivity contribution in [3.8, 4) is 10.9 Å². The van der Waals surface area contributed by atoms with E-state index in [1.54, 1.807) is 6.07 Å². The second-order valence-corrected chi connectivity index (χ2v) is 4.56. The lowest BCUT2D eigenvalue weighted by Gasteiger charge is -2.05. The Kier molecular flexibility index (Phi) is 3.31. The van der Waals surface area contributed by atoms with Crippen LogP contribution in [0.1, 0.15) is 16.1 Å². The first-order chi connectivity index (χ1) is 8.06. The quantitative estimate of drug-likeness (QED) is 0.925. The van der Waals surface area contributed by atoms with E-state index in [9.17, 15) is 4.79 Å². The van der Waals surface area contributed by atoms with Gasteiger partial charge in [0.1, 0.15) is 11.3 Å². The number of rotatable bonds is 3. The predicted molar refractivity (Wildman–Crippen MR) is 65.3 cm³/mol. The molecule has 0 atom stereocenters. The van der Waals surface area contributed by atoms with Gasteiger partial charge in [-0.3, -0.25) is 0 Å². The van der Waals surface area contributed by atoms with Crippen LogP contribution in [0.3, 0.4) is 0 Å². The van der Waals surface area contributed by atoms with Crippen LogP contribution in [-0.2, 0) is 0 Å². The van der Waals surface area contributed by atoms with E-state index >= 15 is 0 Å². The molecule has 0 aliphatic carbocycles. The topological polar surface area (TPSA) is 59.4 Å². The highest BCUT2D eigenvalue weighted by atomic mass is 35.5. The smallest absolute Gasteiger partial charge is 0.339 e. The summed E-state index contributed by atoms with van der Waals surface area (Å²) >= 11 is 7.05. The van der Waals surface area contributed by atoms with Crippen molar-refractivity contribution >= 4 is 28.9 Å². The number of hydrogen-bond acceptors (Lipinski definition) is 4. The second kappa shape index (κ2) is 4.73. The third-order valence-corrected chi connectivity index (χ3v) is 3.04. The van der Waals surface area contributed by atoms with Crippen LogP contribution in [0.5, 0.6) is 10.9 Å². The zero-order valence-corrected chi connectivity index (χ0v) is 10.4. The molecule has 0 amide bonds. The summed E-state index contributed by atoms with van der Waals surface area (Å²) in [5.74, 6) is -0.855. The summed E-state index contributed by atoms with van der Waals surface area (Å²) in [6.07, 6.45) is 0. The lowest BCUT2D eigenvalue weighted by atomic mass is 10.2. The molecular formula is C11H8ClNO3S. The number of thiazole rings is 1. The number of aromatic nitrogens is 1. The van der Waals surface area contributed by atoms with E-state index in [0.29, 0.717) is 10.2 Å². The average Bonchev–Trinajstić information content (AvgIpc) is 2.66. The number of hydrogen-bond donors (Lipinski definition) is 1. The van der Waals surface area contributed by atoms with Crippen molar-refractivity contribution in [2.75, 3.05) is 0 Å². The van der Waals surface area contributed by atoms with Crippen molar-refractivity contribution in [2.24, 2.45) is 0 Å². The Bertz CT molecular complexity index is 568. The van der Waals surface area contributed by atoms with Crippen molar-refractivity contribution in [1.29, 1.82) is 0 Å². The number of carboxylic acids is 1. The molecule has 17 heavy (non-hydrogen) atoms. The van der Waals surface area contributed by atoms with Gasteiger partial charge in [0.05, 0.1) is 5.69 Å². The van der Waals surface area contributed by atoms with Crippen molar-refractivity contribution in [3.05, 3.63) is 39.9 Å². The lowest BCUT2D eigenvalue weighted by Crippen LogP contribution is -1.99. The summed E-state index contributed by atoms with van der Waals surface area (Å²) in [7, 11) is 0. The van der Waals surface area contributed by atoms with Crippen molar-refractivity contribution in [1.82, 2.24) is 4.98 Å². The summed E-state index contributed by atoms with van der Waals surface area (Å²) in [4.78, 5) is 15.1. The zero-order valence-electron chi connectivity index (χ0n) is 8.81. The van der Waals surface area contributed by atoms with E-state index < -0.39 is 5.97 Å². The van der Waals surface area contributed by atoms with Gasteiger partial charge in [-0.2, -0.15) is 0 Å². The van der Waals surface area contributed by atoms with E-state index in [-0.39, 0.29) is 11.3 Å². The minimum atomic E-state index is -1.09. The van der Waals surface area contributed by atoms with E-state index in [1.807, 2.05) is 12.3 Å². The van der Waals surface area contributed by atoms with Crippen LogP contribution in [0.15, 0.2) is 23.6 Å². The largest absolute Gasteiger partial charge is 0.478 e. The molecule has 2 aromatic rings. The maximum absolute atomic E-state index is 11.0. The van der Waals surface area contributed by atoms with Gasteiger partial charge < -0.3 is 9.84 Å². The molecule has 88 valence electrons. The van der Waals surface area contributed by atoms with Crippen LogP contribution in [-0.4, -0.2) is 16.1 Å². The highest BCUT2D eigenvalue weighted by Gasteiger charge is 2.13. The van der Waals surface area contributed by atoms with Gasteiger partial charge in [0, 0.05) is 10.4 Å². The third-order valence-electron chi connectivity index (χ3n) is 1.97. The van der Waals surface area contributed by atoms with Gasteiger partial charge in [-0.1, -0.05) is 22.9 Å². The van der Waals surface area contributed by atoms with Gasteiger partial charge in [-0.25, -0.2) is 9.78 Å². The maximum atomic E-state index is 11.0. The molecular weight excluding hydrogens is 262 g/mol. The fourth-order valence-corrected chi connectivity index (χ4v) is 2.06. The molecule has 0 saturated carbocycles. The third kappa shape index (κ3) is 2.75. The molecule has 1 N–H and O–H groups in total. The minimum Gasteiger partial charge on any atom is -0.478 e. The van der Waals surface area contributed by atoms with E-state index in [0.717, 1.165) is 5.69 Å². The van der Waals surface area contributed by atoms with E-state index in [2.05, 4.69) is 4.98 Å². The summed E-state index contributed by atoms with van der Waals surface area (Å²) < 4.78 is 5.41. The molecule has 4 nitrogen and oxygen atoms in total. The summed E-state index contributed by atoms with van der Waals surface area (Å²) in [6, 6.07) is 4.44. The Labute approximate surface area is 106 Å². The number of aromatic carboxylic acids is 1. The maximum Gasteiger partial charge on any atom is 0.339 e. The van der Waals surface area contributed by atoms with Crippen LogP contribution in [0.4, 0.5) is 0 Å². The van der Waals surface area contributed by atoms with E-state index in [1.165, 1.54) is 23.5 Å². The highest BCUT2D eigenvalue weighted by molar-refractivity contribution is 7.11. The first-order valence-corrected chi connectivity index (χ1v) is 5.95. The first kappa shape index (κ1) is 11.9. The standard InChI is InChI=1S/C11H8ClNO3S/c1-6-5-17-11(13-6)16-9-3-2-7(12)4-8(9)10(14)15/h2-5H,1H3,(H,14,15). The summed E-state index contributed by atoms with van der Waals surface area (Å²) in [5.41, 5.74) is 0.848. The van der Waals surface area contributed by atoms with E-state index in [4.69, 9.17) is 21.4 Å². The highest BCUT2D eigenvalue weighted by Crippen LogP contribution is 2.29. The Hall–Kier alpha value is -1.59. The molecule has 0 unspecified atom stereocenters. The predicted octanol–water partition coefficient (Wildman–Crippen LogP) is 3.60. The molecule has 0 spiro atoms. The molecule has 0 aliphatic rings. The molecule has 0 aliphatic heterocycles. The molecule has 1 aromatic heterocycles. The first-order valence-electron chi connectivity index (χ1n) is 4.69. The molecule has 0 saturated heterocycles. The second-order valence-electron chi connectivity index (χ2n) is 3.30. The van der Waals surface area contributed by atoms with Crippen molar-refractivity contribution in [2.45, 2.75) is 6.92 Å². The van der Waals surface area contributed by atoms with Crippen LogP contribution in [0, 0.1) is 6.92 Å². The van der Waals surface area contributed by atoms with Crippen molar-refractivity contribution < 1.29 is 14.6 Å². The van der Waals surface area contributed by atoms with Crippen LogP contribution < -0.4 is 4.74 Å². The molecule has 6 heteroatoms. The molecule has 1 aromatic carbocycles. The summed E-state index contributed by atoms with van der Waals surface area (Å²) in [6.45, 7) is 1.84. The number of nitrogens with zero attached hydrogens (tertiary/aromatic N) is 1. The number of carbonyl (C=O) groups is 1. The Morgan fingerprint density at radius 2 is 2.29 bits per heavy atom. The van der Waals surface area contributed by atoms with Gasteiger partial charge in [0.25, 0.3) is 5.19 Å². The van der Waals surface area contributed by atoms with Gasteiger partial charge >= 0.3 is 5.97 Å². The minimum absolute atomic E-state index is 0.0188. The number of aryl methyl sites for hydroxylation is 1. The molecule has 0 bridgehead atoms. The fourth-order valence-electron chi connectivity index (χ4n) is 1.23. The Balaban J connectivity index is 2.35. The molecule has 1 heterocycles. The summed E-state index contributed by atoms with van der Waals surface area (Å²) in [5, 5.41) is 11.6. The van der Waals surface area contributed by atoms with Gasteiger partial charge in [0.15, 0.2) is 0 Å². The fraction of sp³-hybridized carbons (Fsp3) is 0.0909.